The summed E-state index contributed by atoms with van der Waals surface area (Å²) >= 11 is 14.0. The maximum Gasteiger partial charge on any atom is 0.171 e. The summed E-state index contributed by atoms with van der Waals surface area (Å²) in [6.07, 6.45) is 37.0. The Kier molecular flexibility index (Phi) is 29.6. The summed E-state index contributed by atoms with van der Waals surface area (Å²) < 4.78 is 12.9. The van der Waals surface area contributed by atoms with Gasteiger partial charge in [-0.3, -0.25) is 14.4 Å². The Morgan fingerprint density at radius 3 is 1.24 bits per heavy atom. The maximum atomic E-state index is 13.3. The molecule has 15 rings (SSSR count). The van der Waals surface area contributed by atoms with Gasteiger partial charge in [0, 0.05) is 31.0 Å². The number of carbonyl (C=O) groups is 3. The van der Waals surface area contributed by atoms with Gasteiger partial charge in [-0.15, -0.1) is 25.5 Å². The molecule has 101 heavy (non-hydrogen) atoms. The lowest BCUT2D eigenvalue weighted by Gasteiger charge is -2.57. The van der Waals surface area contributed by atoms with E-state index in [9.17, 15) is 29.7 Å². The molecule has 0 radical (unpaired) electrons. The number of thiol groups is 3. The van der Waals surface area contributed by atoms with E-state index < -0.39 is 11.2 Å². The molecule has 3 aromatic heterocycles. The lowest BCUT2D eigenvalue weighted by molar-refractivity contribution is -0.138. The lowest BCUT2D eigenvalue weighted by Crippen LogP contribution is -2.52. The van der Waals surface area contributed by atoms with Crippen molar-refractivity contribution in [2.45, 2.75) is 272 Å². The molecule has 0 amide bonds. The molecule has 12 aliphatic rings. The standard InChI is InChI=1S/2C25H40N4O3.C22H35BrO2.C2H4N4.3CH4S/c1-4-32-15-25(31)12-10-18-17(13-25)5-6-20-19(18)9-11-24(3)21(20)7-8-22(24)23(30)14-29-16(2)26-27-28-29;1-4-32-15-25(31)12-10-18-17(13-25)5-6-20-19(18)9-11-24(3)21(20)7-8-22(24)23(30)14-29-27-16(2)26-28-29;1-3-22(25)11-9-15-14(12-22)4-5-17-16(15)8-10-21(2)18(17)6-7-19(21)20(24)13-23;1-2-3-5-6-4-2;3*1-2/h2*17-22,31H,4-15H2,1-3H3;14-19,25H,3-13H2,1-2H3;1H3,(H,3,4,5,6);3*2H,1H3/t2*17-,18-,19+,20+,21-,22+,24-,25+;14-,15-,16+,17+,18-,19+,21-,22+;;;;/m000..../s1. The number of aromatic amines is 1. The predicted molar refractivity (Wildman–Crippen MR) is 407 cm³/mol. The molecule has 24 heteroatoms. The van der Waals surface area contributed by atoms with Crippen molar-refractivity contribution in [3.63, 3.8) is 0 Å². The number of Topliss-reactive ketones (excluding diaryl/α,β-unsaturated/α-hetero) is 3. The third kappa shape index (κ3) is 17.8. The lowest BCUT2D eigenvalue weighted by atomic mass is 9.48. The molecule has 0 saturated heterocycles. The smallest absolute Gasteiger partial charge is 0.171 e. The molecule has 12 aliphatic carbocycles. The van der Waals surface area contributed by atoms with Crippen LogP contribution in [0.4, 0.5) is 0 Å². The van der Waals surface area contributed by atoms with Crippen LogP contribution in [-0.2, 0) is 36.9 Å². The van der Waals surface area contributed by atoms with Gasteiger partial charge in [-0.25, -0.2) is 4.68 Å². The number of hydrogen-bond acceptors (Lipinski definition) is 20. The molecular weight excluding hydrogens is 1400 g/mol. The highest BCUT2D eigenvalue weighted by molar-refractivity contribution is 9.09. The number of nitrogens with one attached hydrogen (secondary N) is 1. The fourth-order valence-corrected chi connectivity index (χ4v) is 25.6. The zero-order valence-corrected chi connectivity index (χ0v) is 67.9. The number of fused-ring (bicyclic) bond motifs is 15. The van der Waals surface area contributed by atoms with E-state index in [1.165, 1.54) is 94.7 Å². The van der Waals surface area contributed by atoms with Gasteiger partial charge < -0.3 is 24.8 Å². The number of aliphatic hydroxyl groups is 3. The van der Waals surface area contributed by atoms with E-state index in [2.05, 4.69) is 133 Å². The zero-order chi connectivity index (χ0) is 73.2. The van der Waals surface area contributed by atoms with Crippen LogP contribution >= 0.6 is 53.8 Å². The van der Waals surface area contributed by atoms with Crippen LogP contribution in [0.5, 0.6) is 0 Å². The first-order chi connectivity index (χ1) is 48.5. The molecule has 0 aromatic carbocycles. The number of rotatable bonds is 15. The second kappa shape index (κ2) is 36.2. The molecule has 0 bridgehead atoms. The number of ether oxygens (including phenoxy) is 2. The Morgan fingerprint density at radius 1 is 0.485 bits per heavy atom. The fourth-order valence-electron chi connectivity index (χ4n) is 25.2. The molecule has 24 atom stereocenters. The molecule has 572 valence electrons. The number of tetrazole rings is 3. The minimum absolute atomic E-state index is 0.116. The third-order valence-electron chi connectivity index (χ3n) is 29.7. The van der Waals surface area contributed by atoms with E-state index in [-0.39, 0.29) is 46.0 Å². The van der Waals surface area contributed by atoms with Crippen molar-refractivity contribution < 1.29 is 39.2 Å². The van der Waals surface area contributed by atoms with Gasteiger partial charge in [-0.05, 0) is 354 Å². The maximum absolute atomic E-state index is 13.3. The zero-order valence-electron chi connectivity index (χ0n) is 63.7. The van der Waals surface area contributed by atoms with Gasteiger partial charge in [-0.2, -0.15) is 47.9 Å². The number of H-pyrrole nitrogens is 1. The number of hydrogen-bond donors (Lipinski definition) is 7. The topological polar surface area (TPSA) is 272 Å². The summed E-state index contributed by atoms with van der Waals surface area (Å²) in [5, 5.41) is 70.0. The summed E-state index contributed by atoms with van der Waals surface area (Å²) in [6, 6.07) is 0. The fraction of sp³-hybridized carbons (Fsp3) is 0.922. The number of nitrogens with zero attached hydrogens (tertiary/aromatic N) is 11. The van der Waals surface area contributed by atoms with Gasteiger partial charge in [0.15, 0.2) is 23.2 Å². The number of ketones is 3. The van der Waals surface area contributed by atoms with E-state index >= 15 is 0 Å². The first-order valence-corrected chi connectivity index (χ1v) is 43.3. The van der Waals surface area contributed by atoms with E-state index in [4.69, 9.17) is 9.47 Å². The molecule has 0 aliphatic heterocycles. The Hall–Kier alpha value is -2.45. The average Bonchev–Trinajstić information content (AvgIpc) is 1.67. The van der Waals surface area contributed by atoms with Crippen molar-refractivity contribution in [1.82, 2.24) is 61.0 Å². The van der Waals surface area contributed by atoms with Crippen LogP contribution in [0.2, 0.25) is 0 Å². The largest absolute Gasteiger partial charge is 0.390 e. The van der Waals surface area contributed by atoms with Crippen molar-refractivity contribution in [1.29, 1.82) is 0 Å². The minimum Gasteiger partial charge on any atom is -0.390 e. The molecule has 3 heterocycles. The van der Waals surface area contributed by atoms with E-state index in [1.807, 2.05) is 20.8 Å². The summed E-state index contributed by atoms with van der Waals surface area (Å²) in [5.74, 6) is 14.9. The second-order valence-electron chi connectivity index (χ2n) is 34.1. The Balaban J connectivity index is 0.000000164. The van der Waals surface area contributed by atoms with Crippen molar-refractivity contribution >= 4 is 71.2 Å². The minimum atomic E-state index is -0.619. The molecule has 0 spiro atoms. The van der Waals surface area contributed by atoms with Crippen molar-refractivity contribution in [3.8, 4) is 0 Å². The Bertz CT molecular complexity index is 3100. The Morgan fingerprint density at radius 2 is 0.891 bits per heavy atom. The van der Waals surface area contributed by atoms with Crippen molar-refractivity contribution in [2.24, 2.45) is 123 Å². The first-order valence-electron chi connectivity index (χ1n) is 39.5. The normalized spacial score (nSPS) is 41.1. The number of aryl methyl sites for hydroxylation is 3. The number of alkyl halides is 1. The molecule has 3 aromatic rings. The molecule has 4 N–H and O–H groups in total. The highest BCUT2D eigenvalue weighted by atomic mass is 79.9. The van der Waals surface area contributed by atoms with Crippen LogP contribution in [0.25, 0.3) is 0 Å². The van der Waals surface area contributed by atoms with E-state index in [0.717, 1.165) is 155 Å². The predicted octanol–water partition coefficient (Wildman–Crippen LogP) is 13.7. The quantitative estimate of drug-likeness (QED) is 0.0550. The Labute approximate surface area is 630 Å². The highest BCUT2D eigenvalue weighted by Crippen LogP contribution is 2.68. The van der Waals surface area contributed by atoms with Crippen molar-refractivity contribution in [2.75, 3.05) is 50.5 Å². The average molecular weight is 1530 g/mol. The van der Waals surface area contributed by atoms with Crippen LogP contribution in [-0.4, -0.2) is 161 Å². The van der Waals surface area contributed by atoms with Gasteiger partial charge in [0.1, 0.15) is 24.7 Å². The van der Waals surface area contributed by atoms with Gasteiger partial charge in [0.05, 0.1) is 35.3 Å². The van der Waals surface area contributed by atoms with Crippen LogP contribution in [0.1, 0.15) is 239 Å². The number of halogens is 1. The van der Waals surface area contributed by atoms with Crippen molar-refractivity contribution in [3.05, 3.63) is 17.5 Å². The molecule has 12 fully saturated rings. The van der Waals surface area contributed by atoms with Gasteiger partial charge >= 0.3 is 0 Å². The highest BCUT2D eigenvalue weighted by Gasteiger charge is 2.63. The summed E-state index contributed by atoms with van der Waals surface area (Å²) in [4.78, 5) is 40.5. The SMILES string of the molecule is CCOC[C@@]1(O)CC[C@H]2[C@@H](CC[C@@H]3[C@@H]2CC[C@]2(C)[C@@H](C(=O)Cn4nnc(C)n4)CC[C@@H]32)C1.CCOC[C@@]1(O)CC[C@H]2[C@@H](CC[C@@H]3[C@@H]2CC[C@]2(C)[C@@H](C(=O)Cn4nnnc4C)CC[C@@H]32)C1.CC[C@@]1(O)CC[C@H]2[C@@H](CC[C@@H]3[C@@H]2CC[C@]2(C)[C@@H](C(=O)CBr)CC[C@@H]32)C1.CS.CS.CS.Cc1nn[nH]n1. The third-order valence-corrected chi connectivity index (χ3v) is 30.3. The van der Waals surface area contributed by atoms with Crippen LogP contribution in [0.3, 0.4) is 0 Å². The first kappa shape index (κ1) is 82.6. The number of aromatic nitrogens is 12. The van der Waals surface area contributed by atoms with Gasteiger partial charge in [0.25, 0.3) is 0 Å². The summed E-state index contributed by atoms with van der Waals surface area (Å²) in [6.45, 7) is 21.7. The summed E-state index contributed by atoms with van der Waals surface area (Å²) in [5.41, 5.74) is -1.11. The molecule has 12 saturated carbocycles. The van der Waals surface area contributed by atoms with E-state index in [1.54, 1.807) is 37.3 Å². The second-order valence-corrected chi connectivity index (χ2v) is 34.7. The monoisotopic (exact) mass is 1530 g/mol. The summed E-state index contributed by atoms with van der Waals surface area (Å²) in [7, 11) is 0. The van der Waals surface area contributed by atoms with Gasteiger partial charge in [0.2, 0.25) is 0 Å². The van der Waals surface area contributed by atoms with E-state index in [0.29, 0.717) is 96.9 Å². The van der Waals surface area contributed by atoms with Crippen LogP contribution in [0.15, 0.2) is 0 Å². The number of carbonyl (C=O) groups excluding carboxylic acids is 3. The molecule has 0 unspecified atom stereocenters. The molecule has 20 nitrogen and oxygen atoms in total. The molecular formula is C77H131BrN12O8S3. The van der Waals surface area contributed by atoms with Gasteiger partial charge in [-0.1, -0.05) is 48.8 Å². The van der Waals surface area contributed by atoms with Crippen LogP contribution < -0.4 is 0 Å². The van der Waals surface area contributed by atoms with Crippen LogP contribution in [0, 0.1) is 144 Å².